The van der Waals surface area contributed by atoms with E-state index in [1.807, 2.05) is 55.5 Å². The quantitative estimate of drug-likeness (QED) is 0.673. The average Bonchev–Trinajstić information content (AvgIpc) is 3.29. The summed E-state index contributed by atoms with van der Waals surface area (Å²) in [5.74, 6) is -0.0604. The Hall–Kier alpha value is -2.98. The zero-order valence-electron chi connectivity index (χ0n) is 16.8. The van der Waals surface area contributed by atoms with E-state index in [4.69, 9.17) is 0 Å². The molecular formula is C25H27N3O. The first-order chi connectivity index (χ1) is 14.2. The van der Waals surface area contributed by atoms with E-state index >= 15 is 0 Å². The van der Waals surface area contributed by atoms with E-state index in [9.17, 15) is 4.79 Å². The summed E-state index contributed by atoms with van der Waals surface area (Å²) in [5.41, 5.74) is 4.59. The third-order valence-corrected chi connectivity index (χ3v) is 5.62. The molecule has 2 heterocycles. The number of likely N-dealkylation sites (tertiary alicyclic amines) is 1. The lowest BCUT2D eigenvalue weighted by Crippen LogP contribution is -2.37. The second-order valence-corrected chi connectivity index (χ2v) is 7.58. The molecule has 1 amide bonds. The molecule has 4 nitrogen and oxygen atoms in total. The molecule has 3 aromatic rings. The fourth-order valence-electron chi connectivity index (χ4n) is 4.04. The zero-order valence-corrected chi connectivity index (χ0v) is 16.8. The van der Waals surface area contributed by atoms with Crippen LogP contribution >= 0.6 is 0 Å². The number of carbonyl (C=O) groups excluding carboxylic acids is 1. The highest BCUT2D eigenvalue weighted by atomic mass is 16.1. The number of rotatable bonds is 6. The van der Waals surface area contributed by atoms with Crippen molar-refractivity contribution in [3.05, 3.63) is 89.6 Å². The number of hydrogen-bond acceptors (Lipinski definition) is 3. The van der Waals surface area contributed by atoms with Crippen LogP contribution in [-0.2, 0) is 0 Å². The lowest BCUT2D eigenvalue weighted by molar-refractivity contribution is 0.0937. The van der Waals surface area contributed by atoms with Gasteiger partial charge in [-0.3, -0.25) is 14.7 Å². The molecule has 1 aliphatic heterocycles. The molecule has 4 rings (SSSR count). The first-order valence-corrected chi connectivity index (χ1v) is 10.3. The SMILES string of the molecule is Cc1nc(-c2ccccc2)ccc1C(=O)NCC(c1ccccc1)N1CCCC1. The standard InChI is InChI=1S/C25H27N3O/c1-19-22(14-15-23(27-19)20-10-4-2-5-11-20)25(29)26-18-24(28-16-8-9-17-28)21-12-6-3-7-13-21/h2-7,10-15,24H,8-9,16-18H2,1H3,(H,26,29). The average molecular weight is 386 g/mol. The molecule has 1 N–H and O–H groups in total. The Bertz CT molecular complexity index is 950. The van der Waals surface area contributed by atoms with Crippen molar-refractivity contribution in [1.29, 1.82) is 0 Å². The number of amides is 1. The van der Waals surface area contributed by atoms with Crippen molar-refractivity contribution in [2.75, 3.05) is 19.6 Å². The molecule has 0 bridgehead atoms. The summed E-state index contributed by atoms with van der Waals surface area (Å²) >= 11 is 0. The molecular weight excluding hydrogens is 358 g/mol. The molecule has 29 heavy (non-hydrogen) atoms. The van der Waals surface area contributed by atoms with E-state index in [1.165, 1.54) is 18.4 Å². The van der Waals surface area contributed by atoms with Crippen LogP contribution in [0.2, 0.25) is 0 Å². The van der Waals surface area contributed by atoms with Crippen molar-refractivity contribution in [2.24, 2.45) is 0 Å². The minimum absolute atomic E-state index is 0.0604. The van der Waals surface area contributed by atoms with Gasteiger partial charge in [0.1, 0.15) is 0 Å². The maximum Gasteiger partial charge on any atom is 0.253 e. The van der Waals surface area contributed by atoms with Gasteiger partial charge in [0.25, 0.3) is 5.91 Å². The predicted molar refractivity (Wildman–Crippen MR) is 117 cm³/mol. The summed E-state index contributed by atoms with van der Waals surface area (Å²) < 4.78 is 0. The molecule has 0 saturated carbocycles. The third-order valence-electron chi connectivity index (χ3n) is 5.62. The molecule has 4 heteroatoms. The number of benzene rings is 2. The Kier molecular flexibility index (Phi) is 6.01. The topological polar surface area (TPSA) is 45.2 Å². The van der Waals surface area contributed by atoms with E-state index in [0.29, 0.717) is 12.1 Å². The van der Waals surface area contributed by atoms with E-state index < -0.39 is 0 Å². The van der Waals surface area contributed by atoms with Gasteiger partial charge in [-0.25, -0.2) is 0 Å². The lowest BCUT2D eigenvalue weighted by atomic mass is 10.0. The molecule has 1 aromatic heterocycles. The van der Waals surface area contributed by atoms with Gasteiger partial charge in [-0.15, -0.1) is 0 Å². The first kappa shape index (κ1) is 19.3. The van der Waals surface area contributed by atoms with Crippen LogP contribution in [0.4, 0.5) is 0 Å². The van der Waals surface area contributed by atoms with Crippen LogP contribution in [0.25, 0.3) is 11.3 Å². The van der Waals surface area contributed by atoms with Crippen molar-refractivity contribution >= 4 is 5.91 Å². The van der Waals surface area contributed by atoms with Crippen LogP contribution in [0.15, 0.2) is 72.8 Å². The van der Waals surface area contributed by atoms with Crippen molar-refractivity contribution in [3.63, 3.8) is 0 Å². The Morgan fingerprint density at radius 3 is 2.28 bits per heavy atom. The highest BCUT2D eigenvalue weighted by Gasteiger charge is 2.24. The zero-order chi connectivity index (χ0) is 20.1. The van der Waals surface area contributed by atoms with Crippen molar-refractivity contribution in [3.8, 4) is 11.3 Å². The number of aryl methyl sites for hydroxylation is 1. The second kappa shape index (κ2) is 9.01. The highest BCUT2D eigenvalue weighted by molar-refractivity contribution is 5.95. The fourth-order valence-corrected chi connectivity index (χ4v) is 4.04. The largest absolute Gasteiger partial charge is 0.350 e. The van der Waals surface area contributed by atoms with E-state index in [2.05, 4.69) is 39.5 Å². The monoisotopic (exact) mass is 385 g/mol. The Morgan fingerprint density at radius 1 is 0.966 bits per heavy atom. The summed E-state index contributed by atoms with van der Waals surface area (Å²) in [6.07, 6.45) is 2.45. The van der Waals surface area contributed by atoms with Crippen molar-refractivity contribution in [1.82, 2.24) is 15.2 Å². The molecule has 1 fully saturated rings. The van der Waals surface area contributed by atoms with Gasteiger partial charge in [-0.2, -0.15) is 0 Å². The summed E-state index contributed by atoms with van der Waals surface area (Å²) in [5, 5.41) is 3.15. The normalized spacial score (nSPS) is 15.2. The van der Waals surface area contributed by atoms with Gasteiger partial charge in [0.15, 0.2) is 0 Å². The van der Waals surface area contributed by atoms with Gasteiger partial charge in [0, 0.05) is 12.1 Å². The predicted octanol–water partition coefficient (Wildman–Crippen LogP) is 4.62. The second-order valence-electron chi connectivity index (χ2n) is 7.58. The summed E-state index contributed by atoms with van der Waals surface area (Å²) in [6, 6.07) is 24.5. The fraction of sp³-hybridized carbons (Fsp3) is 0.280. The Morgan fingerprint density at radius 2 is 1.62 bits per heavy atom. The summed E-state index contributed by atoms with van der Waals surface area (Å²) in [4.78, 5) is 20.0. The Labute approximate surface area is 172 Å². The van der Waals surface area contributed by atoms with E-state index in [0.717, 1.165) is 30.0 Å². The van der Waals surface area contributed by atoms with E-state index in [1.54, 1.807) is 0 Å². The molecule has 1 unspecified atom stereocenters. The minimum atomic E-state index is -0.0604. The molecule has 1 atom stereocenters. The lowest BCUT2D eigenvalue weighted by Gasteiger charge is -2.28. The third kappa shape index (κ3) is 4.54. The van der Waals surface area contributed by atoms with E-state index in [-0.39, 0.29) is 11.9 Å². The van der Waals surface area contributed by atoms with Gasteiger partial charge in [-0.05, 0) is 50.6 Å². The van der Waals surface area contributed by atoms with Crippen molar-refractivity contribution in [2.45, 2.75) is 25.8 Å². The number of pyridine rings is 1. The minimum Gasteiger partial charge on any atom is -0.350 e. The summed E-state index contributed by atoms with van der Waals surface area (Å²) in [7, 11) is 0. The molecule has 0 radical (unpaired) electrons. The molecule has 0 aliphatic carbocycles. The number of nitrogens with one attached hydrogen (secondary N) is 1. The molecule has 1 aliphatic rings. The maximum absolute atomic E-state index is 12.9. The van der Waals surface area contributed by atoms with Gasteiger partial charge in [-0.1, -0.05) is 60.7 Å². The Balaban J connectivity index is 1.48. The number of carbonyl (C=O) groups is 1. The molecule has 0 spiro atoms. The van der Waals surface area contributed by atoms with Crippen LogP contribution in [0.1, 0.15) is 40.5 Å². The smallest absolute Gasteiger partial charge is 0.253 e. The maximum atomic E-state index is 12.9. The molecule has 148 valence electrons. The number of aromatic nitrogens is 1. The van der Waals surface area contributed by atoms with Crippen LogP contribution in [0, 0.1) is 6.92 Å². The van der Waals surface area contributed by atoms with Gasteiger partial charge < -0.3 is 5.32 Å². The van der Waals surface area contributed by atoms with Crippen LogP contribution in [0.5, 0.6) is 0 Å². The summed E-state index contributed by atoms with van der Waals surface area (Å²) in [6.45, 7) is 4.67. The van der Waals surface area contributed by atoms with Gasteiger partial charge in [0.2, 0.25) is 0 Å². The van der Waals surface area contributed by atoms with Crippen LogP contribution < -0.4 is 5.32 Å². The number of hydrogen-bond donors (Lipinski definition) is 1. The number of nitrogens with zero attached hydrogens (tertiary/aromatic N) is 2. The highest BCUT2D eigenvalue weighted by Crippen LogP contribution is 2.25. The van der Waals surface area contributed by atoms with Gasteiger partial charge in [0.05, 0.1) is 23.0 Å². The van der Waals surface area contributed by atoms with Gasteiger partial charge >= 0.3 is 0 Å². The van der Waals surface area contributed by atoms with Crippen molar-refractivity contribution < 1.29 is 4.79 Å². The van der Waals surface area contributed by atoms with Crippen LogP contribution in [-0.4, -0.2) is 35.4 Å². The molecule has 2 aromatic carbocycles. The van der Waals surface area contributed by atoms with Crippen LogP contribution in [0.3, 0.4) is 0 Å². The molecule has 1 saturated heterocycles. The first-order valence-electron chi connectivity index (χ1n) is 10.3.